The number of anilines is 1. The van der Waals surface area contributed by atoms with E-state index in [0.717, 1.165) is 17.3 Å². The molecule has 0 radical (unpaired) electrons. The van der Waals surface area contributed by atoms with Gasteiger partial charge in [0.15, 0.2) is 0 Å². The number of nitrogens with two attached hydrogens (primary N) is 1. The molecule has 1 heterocycles. The molecule has 2 aromatic carbocycles. The van der Waals surface area contributed by atoms with E-state index in [9.17, 15) is 15.3 Å². The Morgan fingerprint density at radius 1 is 1.06 bits per heavy atom. The number of carbonyl (C=O) groups excluding carboxylic acids is 1. The fourth-order valence-corrected chi connectivity index (χ4v) is 4.45. The summed E-state index contributed by atoms with van der Waals surface area (Å²) in [5.74, 6) is -0.253. The van der Waals surface area contributed by atoms with Gasteiger partial charge in [0, 0.05) is 15.6 Å². The van der Waals surface area contributed by atoms with Crippen molar-refractivity contribution in [3.63, 3.8) is 0 Å². The molecule has 0 aliphatic rings. The van der Waals surface area contributed by atoms with Gasteiger partial charge in [0.2, 0.25) is 5.91 Å². The summed E-state index contributed by atoms with van der Waals surface area (Å²) in [4.78, 5) is 17.1. The lowest BCUT2D eigenvalue weighted by molar-refractivity contribution is -0.120. The fourth-order valence-electron chi connectivity index (χ4n) is 3.20. The van der Waals surface area contributed by atoms with E-state index >= 15 is 0 Å². The van der Waals surface area contributed by atoms with Crippen molar-refractivity contribution in [2.75, 3.05) is 5.73 Å². The quantitative estimate of drug-likeness (QED) is 0.421. The second kappa shape index (κ2) is 10.6. The van der Waals surface area contributed by atoms with Crippen molar-refractivity contribution in [3.8, 4) is 23.3 Å². The van der Waals surface area contributed by atoms with Crippen molar-refractivity contribution in [1.29, 1.82) is 10.5 Å². The van der Waals surface area contributed by atoms with Crippen LogP contribution < -0.4 is 11.1 Å². The molecule has 3 N–H and O–H groups in total. The van der Waals surface area contributed by atoms with E-state index in [1.165, 1.54) is 0 Å². The molecular formula is C24H19Cl2N5OS. The highest BCUT2D eigenvalue weighted by Crippen LogP contribution is 2.37. The summed E-state index contributed by atoms with van der Waals surface area (Å²) in [5.41, 5.74) is 8.13. The molecular weight excluding hydrogens is 477 g/mol. The van der Waals surface area contributed by atoms with Gasteiger partial charge < -0.3 is 11.1 Å². The lowest BCUT2D eigenvalue weighted by atomic mass is 9.97. The Hall–Kier alpha value is -3.23. The Morgan fingerprint density at radius 2 is 1.73 bits per heavy atom. The smallest absolute Gasteiger partial charge is 0.233 e. The molecule has 1 amide bonds. The predicted octanol–water partition coefficient (Wildman–Crippen LogP) is 5.74. The van der Waals surface area contributed by atoms with Gasteiger partial charge in [-0.15, -0.1) is 0 Å². The van der Waals surface area contributed by atoms with Crippen molar-refractivity contribution in [2.45, 2.75) is 30.2 Å². The summed E-state index contributed by atoms with van der Waals surface area (Å²) < 4.78 is 0. The van der Waals surface area contributed by atoms with Crippen LogP contribution in [-0.4, -0.2) is 16.1 Å². The highest BCUT2D eigenvalue weighted by molar-refractivity contribution is 8.00. The number of halogens is 2. The van der Waals surface area contributed by atoms with Crippen molar-refractivity contribution >= 4 is 46.7 Å². The average Bonchev–Trinajstić information content (AvgIpc) is 2.79. The molecule has 0 spiro atoms. The molecule has 166 valence electrons. The van der Waals surface area contributed by atoms with Crippen LogP contribution >= 0.6 is 35.0 Å². The third-order valence-electron chi connectivity index (χ3n) is 4.92. The van der Waals surface area contributed by atoms with Crippen LogP contribution in [0.1, 0.15) is 36.6 Å². The first kappa shape index (κ1) is 24.4. The topological polar surface area (TPSA) is 116 Å². The van der Waals surface area contributed by atoms with Gasteiger partial charge in [0.1, 0.15) is 28.5 Å². The molecule has 1 aromatic heterocycles. The van der Waals surface area contributed by atoms with E-state index in [1.807, 2.05) is 25.1 Å². The number of pyridine rings is 1. The van der Waals surface area contributed by atoms with Crippen LogP contribution in [0, 0.1) is 22.7 Å². The number of nitrogens with one attached hydrogen (secondary N) is 1. The van der Waals surface area contributed by atoms with E-state index in [-0.39, 0.29) is 33.9 Å². The van der Waals surface area contributed by atoms with Gasteiger partial charge in [-0.2, -0.15) is 10.5 Å². The molecule has 0 aliphatic heterocycles. The standard InChI is InChI=1S/C24H19Cl2N5OS/c1-13(15-6-8-17(25)9-7-15)30-23(32)14(2)33-24-20(12-28)21(19(11-27)22(29)31-24)16-4-3-5-18(26)10-16/h3-10,13-14H,1-2H3,(H2,29,31)(H,30,32). The van der Waals surface area contributed by atoms with E-state index in [0.29, 0.717) is 21.2 Å². The zero-order valence-corrected chi connectivity index (χ0v) is 20.1. The minimum absolute atomic E-state index is 0.0175. The molecule has 2 atom stereocenters. The molecule has 2 unspecified atom stereocenters. The maximum absolute atomic E-state index is 12.8. The van der Waals surface area contributed by atoms with E-state index in [1.54, 1.807) is 43.3 Å². The van der Waals surface area contributed by atoms with Gasteiger partial charge in [-0.05, 0) is 49.2 Å². The number of aromatic nitrogens is 1. The molecule has 0 saturated heterocycles. The minimum atomic E-state index is -0.584. The molecule has 0 aliphatic carbocycles. The zero-order valence-electron chi connectivity index (χ0n) is 17.8. The SMILES string of the molecule is CC(Sc1nc(N)c(C#N)c(-c2cccc(Cl)c2)c1C#N)C(=O)NC(C)c1ccc(Cl)cc1. The number of benzene rings is 2. The van der Waals surface area contributed by atoms with Crippen molar-refractivity contribution in [2.24, 2.45) is 0 Å². The van der Waals surface area contributed by atoms with E-state index in [4.69, 9.17) is 28.9 Å². The Morgan fingerprint density at radius 3 is 2.33 bits per heavy atom. The largest absolute Gasteiger partial charge is 0.383 e. The van der Waals surface area contributed by atoms with Crippen LogP contribution in [-0.2, 0) is 4.79 Å². The number of amides is 1. The van der Waals surface area contributed by atoms with Gasteiger partial charge in [0.25, 0.3) is 0 Å². The van der Waals surface area contributed by atoms with Crippen LogP contribution in [0.15, 0.2) is 53.6 Å². The summed E-state index contributed by atoms with van der Waals surface area (Å²) >= 11 is 13.2. The number of rotatable bonds is 6. The first-order valence-electron chi connectivity index (χ1n) is 9.87. The molecule has 9 heteroatoms. The Balaban J connectivity index is 1.91. The van der Waals surface area contributed by atoms with E-state index in [2.05, 4.69) is 16.4 Å². The lowest BCUT2D eigenvalue weighted by Gasteiger charge is -2.19. The van der Waals surface area contributed by atoms with Crippen LogP contribution in [0.25, 0.3) is 11.1 Å². The fraction of sp³-hybridized carbons (Fsp3) is 0.167. The molecule has 0 saturated carbocycles. The summed E-state index contributed by atoms with van der Waals surface area (Å²) in [7, 11) is 0. The monoisotopic (exact) mass is 495 g/mol. The van der Waals surface area contributed by atoms with Gasteiger partial charge in [0.05, 0.1) is 16.9 Å². The molecule has 33 heavy (non-hydrogen) atoms. The third kappa shape index (κ3) is 5.58. The van der Waals surface area contributed by atoms with E-state index < -0.39 is 5.25 Å². The predicted molar refractivity (Wildman–Crippen MR) is 132 cm³/mol. The van der Waals surface area contributed by atoms with Crippen LogP contribution in [0.3, 0.4) is 0 Å². The number of nitrogen functional groups attached to an aromatic ring is 1. The third-order valence-corrected chi connectivity index (χ3v) is 6.49. The Bertz CT molecular complexity index is 1280. The van der Waals surface area contributed by atoms with Crippen LogP contribution in [0.4, 0.5) is 5.82 Å². The molecule has 0 fully saturated rings. The normalized spacial score (nSPS) is 12.3. The first-order chi connectivity index (χ1) is 15.7. The highest BCUT2D eigenvalue weighted by atomic mass is 35.5. The Labute approximate surface area is 206 Å². The van der Waals surface area contributed by atoms with Crippen LogP contribution in [0.2, 0.25) is 10.0 Å². The van der Waals surface area contributed by atoms with Crippen molar-refractivity contribution < 1.29 is 4.79 Å². The van der Waals surface area contributed by atoms with Crippen molar-refractivity contribution in [3.05, 3.63) is 75.3 Å². The van der Waals surface area contributed by atoms with Gasteiger partial charge in [-0.3, -0.25) is 4.79 Å². The number of hydrogen-bond acceptors (Lipinski definition) is 6. The number of nitrogens with zero attached hydrogens (tertiary/aromatic N) is 3. The molecule has 6 nitrogen and oxygen atoms in total. The summed E-state index contributed by atoms with van der Waals surface area (Å²) in [6.45, 7) is 3.58. The summed E-state index contributed by atoms with van der Waals surface area (Å²) in [5, 5.41) is 23.3. The number of thioether (sulfide) groups is 1. The van der Waals surface area contributed by atoms with Gasteiger partial charge in [-0.1, -0.05) is 59.2 Å². The molecule has 3 aromatic rings. The maximum atomic E-state index is 12.8. The molecule has 3 rings (SSSR count). The minimum Gasteiger partial charge on any atom is -0.383 e. The highest BCUT2D eigenvalue weighted by Gasteiger charge is 2.25. The number of carbonyl (C=O) groups is 1. The van der Waals surface area contributed by atoms with Gasteiger partial charge in [-0.25, -0.2) is 4.98 Å². The summed E-state index contributed by atoms with van der Waals surface area (Å²) in [6, 6.07) is 17.9. The number of hydrogen-bond donors (Lipinski definition) is 2. The van der Waals surface area contributed by atoms with Crippen molar-refractivity contribution in [1.82, 2.24) is 10.3 Å². The Kier molecular flexibility index (Phi) is 7.84. The lowest BCUT2D eigenvalue weighted by Crippen LogP contribution is -2.33. The first-order valence-corrected chi connectivity index (χ1v) is 11.5. The second-order valence-electron chi connectivity index (χ2n) is 7.20. The van der Waals surface area contributed by atoms with Crippen LogP contribution in [0.5, 0.6) is 0 Å². The van der Waals surface area contributed by atoms with Gasteiger partial charge >= 0.3 is 0 Å². The maximum Gasteiger partial charge on any atom is 0.233 e. The summed E-state index contributed by atoms with van der Waals surface area (Å²) in [6.07, 6.45) is 0. The average molecular weight is 496 g/mol. The molecule has 0 bridgehead atoms. The number of nitriles is 2. The second-order valence-corrected chi connectivity index (χ2v) is 9.41. The zero-order chi connectivity index (χ0) is 24.1.